The molecule has 1 aliphatic carbocycles. The largest absolute Gasteiger partial charge is 1.00 e. The first kappa shape index (κ1) is 23.8. The van der Waals surface area contributed by atoms with E-state index in [0.717, 1.165) is 25.7 Å². The summed E-state index contributed by atoms with van der Waals surface area (Å²) in [5.41, 5.74) is 0.676. The van der Waals surface area contributed by atoms with Gasteiger partial charge in [-0.3, -0.25) is 4.79 Å². The van der Waals surface area contributed by atoms with E-state index in [1.807, 2.05) is 0 Å². The number of hydrogen-bond donors (Lipinski definition) is 1. The third kappa shape index (κ3) is 8.51. The zero-order chi connectivity index (χ0) is 18.9. The van der Waals surface area contributed by atoms with Crippen molar-refractivity contribution in [2.75, 3.05) is 6.79 Å². The minimum Gasteiger partial charge on any atom is -0.550 e. The molecule has 1 amide bonds. The molecule has 1 fully saturated rings. The Labute approximate surface area is 185 Å². The minimum absolute atomic E-state index is 0. The molecule has 0 heterocycles. The zero-order valence-corrected chi connectivity index (χ0v) is 18.0. The number of carboxylic acids is 1. The second kappa shape index (κ2) is 12.2. The van der Waals surface area contributed by atoms with Crippen LogP contribution in [0.2, 0.25) is 5.02 Å². The molecule has 0 aliphatic heterocycles. The number of alkyl carbamates (subject to hydrolysis) is 1. The fraction of sp³-hybridized carbons (Fsp3) is 0.500. The molecule has 1 aromatic carbocycles. The van der Waals surface area contributed by atoms with Crippen molar-refractivity contribution >= 4 is 29.6 Å². The molecular formula is C18H21ClNNaO6. The Hall–Kier alpha value is -1.28. The molecule has 0 bridgehead atoms. The Kier molecular flexibility index (Phi) is 10.8. The Morgan fingerprint density at radius 1 is 1.15 bits per heavy atom. The third-order valence-electron chi connectivity index (χ3n) is 4.28. The third-order valence-corrected chi connectivity index (χ3v) is 4.53. The van der Waals surface area contributed by atoms with Crippen LogP contribution in [0.1, 0.15) is 50.1 Å². The van der Waals surface area contributed by atoms with E-state index >= 15 is 0 Å². The summed E-state index contributed by atoms with van der Waals surface area (Å²) in [6.07, 6.45) is 2.69. The SMILES string of the molecule is O=C([O-])CCC(NC(=O)OCOC(=O)C1CCCC1)c1ccc(Cl)cc1.[Na+]. The van der Waals surface area contributed by atoms with Gasteiger partial charge < -0.3 is 24.7 Å². The molecule has 1 atom stereocenters. The van der Waals surface area contributed by atoms with Crippen LogP contribution < -0.4 is 40.0 Å². The van der Waals surface area contributed by atoms with Crippen molar-refractivity contribution < 1.29 is 58.5 Å². The predicted octanol–water partition coefficient (Wildman–Crippen LogP) is -0.668. The monoisotopic (exact) mass is 405 g/mol. The summed E-state index contributed by atoms with van der Waals surface area (Å²) in [6.45, 7) is -0.477. The average molecular weight is 406 g/mol. The van der Waals surface area contributed by atoms with Crippen LogP contribution in [0.15, 0.2) is 24.3 Å². The van der Waals surface area contributed by atoms with Crippen molar-refractivity contribution in [2.24, 2.45) is 5.92 Å². The van der Waals surface area contributed by atoms with Crippen LogP contribution in [0, 0.1) is 5.92 Å². The topological polar surface area (TPSA) is 105 Å². The number of amides is 1. The van der Waals surface area contributed by atoms with E-state index in [1.54, 1.807) is 24.3 Å². The molecule has 1 N–H and O–H groups in total. The second-order valence-corrected chi connectivity index (χ2v) is 6.59. The van der Waals surface area contributed by atoms with Gasteiger partial charge in [0.15, 0.2) is 0 Å². The maximum absolute atomic E-state index is 11.9. The van der Waals surface area contributed by atoms with E-state index < -0.39 is 24.9 Å². The van der Waals surface area contributed by atoms with Crippen LogP contribution in [-0.2, 0) is 19.1 Å². The molecule has 2 rings (SSSR count). The number of nitrogens with one attached hydrogen (secondary N) is 1. The normalized spacial score (nSPS) is 14.7. The van der Waals surface area contributed by atoms with Crippen LogP contribution in [0.4, 0.5) is 4.79 Å². The molecule has 9 heteroatoms. The van der Waals surface area contributed by atoms with E-state index in [-0.39, 0.29) is 54.3 Å². The van der Waals surface area contributed by atoms with Crippen LogP contribution in [0.3, 0.4) is 0 Å². The van der Waals surface area contributed by atoms with Gasteiger partial charge in [-0.1, -0.05) is 36.6 Å². The number of benzene rings is 1. The quantitative estimate of drug-likeness (QED) is 0.349. The first-order valence-electron chi connectivity index (χ1n) is 8.51. The van der Waals surface area contributed by atoms with Gasteiger partial charge in [0, 0.05) is 11.0 Å². The Bertz CT molecular complexity index is 633. The number of carboxylic acid groups (broad SMARTS) is 1. The van der Waals surface area contributed by atoms with Crippen LogP contribution >= 0.6 is 11.6 Å². The molecule has 27 heavy (non-hydrogen) atoms. The summed E-state index contributed by atoms with van der Waals surface area (Å²) in [7, 11) is 0. The van der Waals surface area contributed by atoms with Crippen molar-refractivity contribution in [3.63, 3.8) is 0 Å². The minimum atomic E-state index is -1.22. The van der Waals surface area contributed by atoms with E-state index in [1.165, 1.54) is 0 Å². The van der Waals surface area contributed by atoms with Crippen molar-refractivity contribution in [2.45, 2.75) is 44.6 Å². The molecular weight excluding hydrogens is 385 g/mol. The Morgan fingerprint density at radius 2 is 1.78 bits per heavy atom. The van der Waals surface area contributed by atoms with Crippen LogP contribution in [0.5, 0.6) is 0 Å². The molecule has 1 unspecified atom stereocenters. The molecule has 7 nitrogen and oxygen atoms in total. The van der Waals surface area contributed by atoms with Crippen molar-refractivity contribution in [3.8, 4) is 0 Å². The summed E-state index contributed by atoms with van der Waals surface area (Å²) in [5, 5.41) is 13.8. The van der Waals surface area contributed by atoms with E-state index in [2.05, 4.69) is 5.32 Å². The number of esters is 1. The zero-order valence-electron chi connectivity index (χ0n) is 15.2. The summed E-state index contributed by atoms with van der Waals surface area (Å²) < 4.78 is 9.83. The smallest absolute Gasteiger partial charge is 0.550 e. The van der Waals surface area contributed by atoms with Gasteiger partial charge in [-0.2, -0.15) is 0 Å². The van der Waals surface area contributed by atoms with Gasteiger partial charge in [-0.25, -0.2) is 4.79 Å². The molecule has 1 aliphatic rings. The maximum atomic E-state index is 11.9. The molecule has 1 saturated carbocycles. The van der Waals surface area contributed by atoms with Crippen LogP contribution in [-0.4, -0.2) is 24.8 Å². The molecule has 0 saturated heterocycles. The van der Waals surface area contributed by atoms with Crippen molar-refractivity contribution in [3.05, 3.63) is 34.9 Å². The van der Waals surface area contributed by atoms with Crippen molar-refractivity contribution in [1.82, 2.24) is 5.32 Å². The van der Waals surface area contributed by atoms with Gasteiger partial charge in [-0.15, -0.1) is 0 Å². The summed E-state index contributed by atoms with van der Waals surface area (Å²) in [6, 6.07) is 6.05. The fourth-order valence-corrected chi connectivity index (χ4v) is 3.01. The van der Waals surface area contributed by atoms with Crippen LogP contribution in [0.25, 0.3) is 0 Å². The number of hydrogen-bond acceptors (Lipinski definition) is 6. The Balaban J connectivity index is 0.00000364. The summed E-state index contributed by atoms with van der Waals surface area (Å²) >= 11 is 5.84. The van der Waals surface area contributed by atoms with Gasteiger partial charge in [0.2, 0.25) is 6.79 Å². The molecule has 0 radical (unpaired) electrons. The van der Waals surface area contributed by atoms with Gasteiger partial charge in [-0.05, 0) is 43.4 Å². The second-order valence-electron chi connectivity index (χ2n) is 6.15. The molecule has 0 spiro atoms. The van der Waals surface area contributed by atoms with Crippen molar-refractivity contribution in [1.29, 1.82) is 0 Å². The molecule has 0 aromatic heterocycles. The number of ether oxygens (including phenoxy) is 2. The van der Waals surface area contributed by atoms with E-state index in [9.17, 15) is 19.5 Å². The number of carbonyl (C=O) groups excluding carboxylic acids is 3. The number of rotatable bonds is 8. The van der Waals surface area contributed by atoms with Gasteiger partial charge in [0.05, 0.1) is 12.0 Å². The summed E-state index contributed by atoms with van der Waals surface area (Å²) in [5.74, 6) is -1.70. The number of halogens is 1. The molecule has 142 valence electrons. The first-order chi connectivity index (χ1) is 12.5. The standard InChI is InChI=1S/C18H22ClNO6.Na/c19-14-7-5-12(6-8-14)15(9-10-16(21)22)20-18(24)26-11-25-17(23)13-3-1-2-4-13;/h5-8,13,15H,1-4,9-11H2,(H,20,24)(H,21,22);/q;+1/p-1. The van der Waals surface area contributed by atoms with Gasteiger partial charge >= 0.3 is 41.6 Å². The maximum Gasteiger partial charge on any atom is 1.00 e. The summed E-state index contributed by atoms with van der Waals surface area (Å²) in [4.78, 5) is 34.4. The van der Waals surface area contributed by atoms with Gasteiger partial charge in [0.25, 0.3) is 0 Å². The van der Waals surface area contributed by atoms with Gasteiger partial charge in [0.1, 0.15) is 0 Å². The number of aliphatic carboxylic acids is 1. The Morgan fingerprint density at radius 3 is 2.37 bits per heavy atom. The van der Waals surface area contributed by atoms with E-state index in [0.29, 0.717) is 10.6 Å². The van der Waals surface area contributed by atoms with E-state index in [4.69, 9.17) is 21.1 Å². The number of carbonyl (C=O) groups is 3. The first-order valence-corrected chi connectivity index (χ1v) is 8.88. The average Bonchev–Trinajstić information content (AvgIpc) is 3.14. The fourth-order valence-electron chi connectivity index (χ4n) is 2.88. The predicted molar refractivity (Wildman–Crippen MR) is 91.0 cm³/mol. The molecule has 1 aromatic rings.